The molecule has 1 amide bonds. The summed E-state index contributed by atoms with van der Waals surface area (Å²) in [4.78, 5) is 13.0. The summed E-state index contributed by atoms with van der Waals surface area (Å²) in [5.41, 5.74) is -0.422. The molecule has 0 radical (unpaired) electrons. The first kappa shape index (κ1) is 22.5. The molecule has 1 saturated heterocycles. The van der Waals surface area contributed by atoms with Crippen molar-refractivity contribution in [1.29, 1.82) is 0 Å². The molecule has 30 heavy (non-hydrogen) atoms. The number of rotatable bonds is 5. The molecule has 1 fully saturated rings. The number of halogens is 3. The van der Waals surface area contributed by atoms with Crippen LogP contribution in [-0.2, 0) is 14.6 Å². The highest BCUT2D eigenvalue weighted by Crippen LogP contribution is 2.34. The molecule has 1 atom stereocenters. The summed E-state index contributed by atoms with van der Waals surface area (Å²) in [5.74, 6) is -2.15. The van der Waals surface area contributed by atoms with Gasteiger partial charge in [0.2, 0.25) is 15.7 Å². The van der Waals surface area contributed by atoms with Crippen LogP contribution in [0.25, 0.3) is 0 Å². The average molecular weight is 457 g/mol. The number of carbonyl (C=O) groups excluding carboxylic acids is 1. The van der Waals surface area contributed by atoms with Gasteiger partial charge in [0, 0.05) is 30.1 Å². The Bertz CT molecular complexity index is 1040. The second-order valence-corrected chi connectivity index (χ2v) is 9.94. The van der Waals surface area contributed by atoms with Gasteiger partial charge in [0.1, 0.15) is 16.5 Å². The number of hydrogen-bond donors (Lipinski definition) is 1. The fraction of sp³-hybridized carbons (Fsp3) is 0.381. The Labute approximate surface area is 179 Å². The molecule has 9 heteroatoms. The van der Waals surface area contributed by atoms with E-state index < -0.39 is 38.1 Å². The highest BCUT2D eigenvalue weighted by Gasteiger charge is 2.31. The number of carbonyl (C=O) groups is 1. The van der Waals surface area contributed by atoms with Crippen molar-refractivity contribution in [3.63, 3.8) is 0 Å². The maximum atomic E-state index is 14.7. The van der Waals surface area contributed by atoms with Gasteiger partial charge in [-0.2, -0.15) is 0 Å². The molecule has 1 aliphatic heterocycles. The van der Waals surface area contributed by atoms with Crippen LogP contribution in [0.5, 0.6) is 0 Å². The number of nitrogens with one attached hydrogen (secondary N) is 1. The lowest BCUT2D eigenvalue weighted by Crippen LogP contribution is -2.46. The Hall–Kier alpha value is -2.19. The van der Waals surface area contributed by atoms with Crippen molar-refractivity contribution in [3.8, 4) is 0 Å². The highest BCUT2D eigenvalue weighted by molar-refractivity contribution is 7.91. The first-order chi connectivity index (χ1) is 14.1. The third kappa shape index (κ3) is 4.59. The number of benzene rings is 2. The molecule has 2 aromatic rings. The van der Waals surface area contributed by atoms with E-state index in [0.717, 1.165) is 12.1 Å². The van der Waals surface area contributed by atoms with E-state index in [1.165, 1.54) is 24.3 Å². The van der Waals surface area contributed by atoms with Gasteiger partial charge in [-0.15, -0.1) is 0 Å². The van der Waals surface area contributed by atoms with Gasteiger partial charge >= 0.3 is 0 Å². The van der Waals surface area contributed by atoms with Crippen LogP contribution in [-0.4, -0.2) is 38.4 Å². The summed E-state index contributed by atoms with van der Waals surface area (Å²) in [7, 11) is -4.35. The van der Waals surface area contributed by atoms with Gasteiger partial charge in [-0.25, -0.2) is 17.2 Å². The number of sulfone groups is 1. The summed E-state index contributed by atoms with van der Waals surface area (Å²) >= 11 is 5.81. The number of nitrogens with zero attached hydrogens (tertiary/aromatic N) is 1. The lowest BCUT2D eigenvalue weighted by molar-refractivity contribution is -0.135. The highest BCUT2D eigenvalue weighted by atomic mass is 35.5. The quantitative estimate of drug-likeness (QED) is 0.718. The third-order valence-corrected chi connectivity index (χ3v) is 7.11. The zero-order valence-corrected chi connectivity index (χ0v) is 18.2. The molecular weight excluding hydrogens is 434 g/mol. The zero-order chi connectivity index (χ0) is 22.1. The van der Waals surface area contributed by atoms with E-state index in [9.17, 15) is 22.0 Å². The van der Waals surface area contributed by atoms with Gasteiger partial charge in [0.25, 0.3) is 0 Å². The number of amides is 1. The van der Waals surface area contributed by atoms with Crippen LogP contribution in [0.15, 0.2) is 46.2 Å². The topological polar surface area (TPSA) is 66.5 Å². The van der Waals surface area contributed by atoms with Crippen LogP contribution in [0.1, 0.15) is 26.7 Å². The van der Waals surface area contributed by atoms with Gasteiger partial charge in [-0.05, 0) is 49.2 Å². The van der Waals surface area contributed by atoms with Crippen LogP contribution in [0.2, 0.25) is 5.02 Å². The SMILES string of the molecule is CC(C)C(=O)N1CCCC(Nc2c(F)ccc(F)c2S(=O)(=O)c2ccc(Cl)cc2)C1. The lowest BCUT2D eigenvalue weighted by atomic mass is 10.0. The van der Waals surface area contributed by atoms with E-state index in [1.807, 2.05) is 0 Å². The molecule has 1 aliphatic rings. The molecule has 2 aromatic carbocycles. The van der Waals surface area contributed by atoms with E-state index in [1.54, 1.807) is 18.7 Å². The van der Waals surface area contributed by atoms with Crippen LogP contribution in [0.4, 0.5) is 14.5 Å². The van der Waals surface area contributed by atoms with Gasteiger partial charge in [-0.1, -0.05) is 25.4 Å². The molecule has 0 aromatic heterocycles. The van der Waals surface area contributed by atoms with Gasteiger partial charge in [-0.3, -0.25) is 4.79 Å². The molecule has 5 nitrogen and oxygen atoms in total. The van der Waals surface area contributed by atoms with E-state index in [2.05, 4.69) is 5.32 Å². The zero-order valence-electron chi connectivity index (χ0n) is 16.7. The Morgan fingerprint density at radius 3 is 2.40 bits per heavy atom. The standard InChI is InChI=1S/C21H23ClF2N2O3S/c1-13(2)21(27)26-11-3-4-15(12-26)25-19-17(23)9-10-18(24)20(19)30(28,29)16-7-5-14(22)6-8-16/h5-10,13,15,25H,3-4,11-12H2,1-2H3. The third-order valence-electron chi connectivity index (χ3n) is 5.03. The van der Waals surface area contributed by atoms with Crippen LogP contribution in [0.3, 0.4) is 0 Å². The van der Waals surface area contributed by atoms with Crippen molar-refractivity contribution in [3.05, 3.63) is 53.1 Å². The Morgan fingerprint density at radius 2 is 1.77 bits per heavy atom. The van der Waals surface area contributed by atoms with Crippen LogP contribution < -0.4 is 5.32 Å². The molecule has 0 saturated carbocycles. The van der Waals surface area contributed by atoms with E-state index in [4.69, 9.17) is 11.6 Å². The molecule has 0 aliphatic carbocycles. The number of likely N-dealkylation sites (tertiary alicyclic amines) is 1. The second-order valence-electron chi connectivity index (χ2n) is 7.61. The average Bonchev–Trinajstić information content (AvgIpc) is 2.70. The first-order valence-corrected chi connectivity index (χ1v) is 11.5. The molecule has 1 unspecified atom stereocenters. The largest absolute Gasteiger partial charge is 0.377 e. The van der Waals surface area contributed by atoms with Crippen molar-refractivity contribution in [2.75, 3.05) is 18.4 Å². The minimum atomic E-state index is -4.35. The number of anilines is 1. The molecule has 0 bridgehead atoms. The maximum Gasteiger partial charge on any atom is 0.225 e. The van der Waals surface area contributed by atoms with Crippen LogP contribution in [0, 0.1) is 17.6 Å². The van der Waals surface area contributed by atoms with Crippen molar-refractivity contribution in [2.24, 2.45) is 5.92 Å². The molecule has 0 spiro atoms. The number of piperidine rings is 1. The van der Waals surface area contributed by atoms with Crippen molar-refractivity contribution < 1.29 is 22.0 Å². The number of hydrogen-bond acceptors (Lipinski definition) is 4. The van der Waals surface area contributed by atoms with E-state index in [0.29, 0.717) is 24.4 Å². The summed E-state index contributed by atoms with van der Waals surface area (Å²) < 4.78 is 55.5. The van der Waals surface area contributed by atoms with Gasteiger partial charge in [0.05, 0.1) is 10.6 Å². The Morgan fingerprint density at radius 1 is 1.13 bits per heavy atom. The van der Waals surface area contributed by atoms with Gasteiger partial charge < -0.3 is 10.2 Å². The normalized spacial score (nSPS) is 17.3. The fourth-order valence-electron chi connectivity index (χ4n) is 3.53. The van der Waals surface area contributed by atoms with E-state index >= 15 is 0 Å². The molecule has 3 rings (SSSR count). The molecular formula is C21H23ClF2N2O3S. The minimum absolute atomic E-state index is 0.0322. The minimum Gasteiger partial charge on any atom is -0.377 e. The molecule has 1 N–H and O–H groups in total. The summed E-state index contributed by atoms with van der Waals surface area (Å²) in [5, 5.41) is 3.18. The lowest BCUT2D eigenvalue weighted by Gasteiger charge is -2.35. The second kappa shape index (κ2) is 8.89. The predicted octanol–water partition coefficient (Wildman–Crippen LogP) is 4.51. The monoisotopic (exact) mass is 456 g/mol. The van der Waals surface area contributed by atoms with Crippen molar-refractivity contribution >= 4 is 33.0 Å². The van der Waals surface area contributed by atoms with Crippen molar-refractivity contribution in [2.45, 2.75) is 42.5 Å². The Kier molecular flexibility index (Phi) is 6.67. The summed E-state index contributed by atoms with van der Waals surface area (Å²) in [6.07, 6.45) is 1.27. The molecule has 162 valence electrons. The fourth-order valence-corrected chi connectivity index (χ4v) is 5.13. The van der Waals surface area contributed by atoms with E-state index in [-0.39, 0.29) is 23.3 Å². The van der Waals surface area contributed by atoms with Crippen molar-refractivity contribution in [1.82, 2.24) is 4.90 Å². The van der Waals surface area contributed by atoms with Crippen LogP contribution >= 0.6 is 11.6 Å². The maximum absolute atomic E-state index is 14.7. The summed E-state index contributed by atoms with van der Waals surface area (Å²) in [6, 6.07) is 6.50. The predicted molar refractivity (Wildman–Crippen MR) is 111 cm³/mol. The Balaban J connectivity index is 1.97. The van der Waals surface area contributed by atoms with Gasteiger partial charge in [0.15, 0.2) is 0 Å². The smallest absolute Gasteiger partial charge is 0.225 e. The first-order valence-electron chi connectivity index (χ1n) is 9.65. The molecule has 1 heterocycles. The summed E-state index contributed by atoms with van der Waals surface area (Å²) in [6.45, 7) is 4.45.